The molecule has 2 amide bonds. The molecule has 9 heteroatoms. The number of amides is 2. The first-order valence-electron chi connectivity index (χ1n) is 10.4. The number of hydrogen-bond donors (Lipinski definition) is 2. The molecule has 178 valence electrons. The normalized spacial score (nSPS) is 11.6. The summed E-state index contributed by atoms with van der Waals surface area (Å²) in [6.45, 7) is 2.42. The van der Waals surface area contributed by atoms with E-state index < -0.39 is 23.6 Å². The van der Waals surface area contributed by atoms with E-state index in [0.717, 1.165) is 25.0 Å². The molecule has 0 unspecified atom stereocenters. The van der Waals surface area contributed by atoms with Gasteiger partial charge in [-0.25, -0.2) is 0 Å². The molecule has 0 saturated heterocycles. The molecule has 0 spiro atoms. The minimum atomic E-state index is -4.45. The van der Waals surface area contributed by atoms with Crippen LogP contribution in [0.15, 0.2) is 48.2 Å². The van der Waals surface area contributed by atoms with Crippen molar-refractivity contribution in [3.8, 4) is 11.5 Å². The molecule has 0 heterocycles. The van der Waals surface area contributed by atoms with Crippen LogP contribution in [-0.4, -0.2) is 32.6 Å². The summed E-state index contributed by atoms with van der Waals surface area (Å²) in [5.41, 5.74) is 0.187. The molecule has 0 aliphatic carbocycles. The summed E-state index contributed by atoms with van der Waals surface area (Å²) >= 11 is 0. The van der Waals surface area contributed by atoms with Gasteiger partial charge in [0.2, 0.25) is 5.91 Å². The molecule has 2 aromatic carbocycles. The van der Waals surface area contributed by atoms with Crippen LogP contribution in [0, 0.1) is 0 Å². The lowest BCUT2D eigenvalue weighted by molar-refractivity contribution is -0.137. The zero-order chi connectivity index (χ0) is 24.4. The number of benzene rings is 2. The molecule has 0 saturated carbocycles. The predicted octanol–water partition coefficient (Wildman–Crippen LogP) is 4.34. The van der Waals surface area contributed by atoms with Crippen LogP contribution in [0.3, 0.4) is 0 Å². The smallest absolute Gasteiger partial charge is 0.416 e. The first-order chi connectivity index (χ1) is 15.7. The SMILES string of the molecule is CCCCNC(=O)/C(=C\c1ccc(OC)c(OC)c1)NC(=O)Cc1ccc(C(F)(F)F)cc1. The Morgan fingerprint density at radius 3 is 2.24 bits per heavy atom. The molecular weight excluding hydrogens is 437 g/mol. The van der Waals surface area contributed by atoms with Crippen LogP contribution in [0.2, 0.25) is 0 Å². The second-order valence-electron chi connectivity index (χ2n) is 7.20. The van der Waals surface area contributed by atoms with E-state index >= 15 is 0 Å². The fourth-order valence-electron chi connectivity index (χ4n) is 2.93. The van der Waals surface area contributed by atoms with Crippen molar-refractivity contribution >= 4 is 17.9 Å². The summed E-state index contributed by atoms with van der Waals surface area (Å²) in [4.78, 5) is 25.2. The number of rotatable bonds is 10. The first kappa shape index (κ1) is 25.8. The maximum absolute atomic E-state index is 12.7. The summed E-state index contributed by atoms with van der Waals surface area (Å²) < 4.78 is 48.7. The first-order valence-corrected chi connectivity index (χ1v) is 10.4. The maximum atomic E-state index is 12.7. The lowest BCUT2D eigenvalue weighted by Gasteiger charge is -2.13. The third kappa shape index (κ3) is 7.85. The van der Waals surface area contributed by atoms with Gasteiger partial charge in [-0.3, -0.25) is 9.59 Å². The third-order valence-corrected chi connectivity index (χ3v) is 4.70. The van der Waals surface area contributed by atoms with Gasteiger partial charge in [0.05, 0.1) is 26.2 Å². The number of ether oxygens (including phenoxy) is 2. The van der Waals surface area contributed by atoms with Crippen LogP contribution in [0.25, 0.3) is 6.08 Å². The fourth-order valence-corrected chi connectivity index (χ4v) is 2.93. The summed E-state index contributed by atoms with van der Waals surface area (Å²) in [5, 5.41) is 5.31. The number of hydrogen-bond acceptors (Lipinski definition) is 4. The molecule has 0 fully saturated rings. The third-order valence-electron chi connectivity index (χ3n) is 4.70. The van der Waals surface area contributed by atoms with E-state index in [1.807, 2.05) is 6.92 Å². The standard InChI is InChI=1S/C24H27F3N2O4/c1-4-5-12-28-23(31)19(13-17-8-11-20(32-2)21(14-17)33-3)29-22(30)15-16-6-9-18(10-7-16)24(25,26)27/h6-11,13-14H,4-5,12,15H2,1-3H3,(H,28,31)(H,29,30)/b19-13+. The zero-order valence-corrected chi connectivity index (χ0v) is 18.7. The molecule has 2 N–H and O–H groups in total. The molecule has 0 bridgehead atoms. The molecule has 0 aromatic heterocycles. The zero-order valence-electron chi connectivity index (χ0n) is 18.7. The van der Waals surface area contributed by atoms with Crippen LogP contribution in [0.1, 0.15) is 36.5 Å². The maximum Gasteiger partial charge on any atom is 0.416 e. The van der Waals surface area contributed by atoms with E-state index in [1.165, 1.54) is 32.4 Å². The Bertz CT molecular complexity index is 986. The number of alkyl halides is 3. The molecule has 0 aliphatic rings. The Hall–Kier alpha value is -3.49. The Labute approximate surface area is 190 Å². The van der Waals surface area contributed by atoms with Gasteiger partial charge < -0.3 is 20.1 Å². The van der Waals surface area contributed by atoms with Crippen molar-refractivity contribution in [3.05, 3.63) is 64.9 Å². The Balaban J connectivity index is 2.22. The van der Waals surface area contributed by atoms with Gasteiger partial charge in [0, 0.05) is 6.54 Å². The van der Waals surface area contributed by atoms with Gasteiger partial charge in [-0.05, 0) is 47.9 Å². The van der Waals surface area contributed by atoms with Crippen molar-refractivity contribution in [2.24, 2.45) is 0 Å². The lowest BCUT2D eigenvalue weighted by atomic mass is 10.1. The number of methoxy groups -OCH3 is 2. The lowest BCUT2D eigenvalue weighted by Crippen LogP contribution is -2.36. The van der Waals surface area contributed by atoms with E-state index in [-0.39, 0.29) is 12.1 Å². The van der Waals surface area contributed by atoms with Gasteiger partial charge in [-0.15, -0.1) is 0 Å². The summed E-state index contributed by atoms with van der Waals surface area (Å²) in [5.74, 6) is -0.0471. The topological polar surface area (TPSA) is 76.7 Å². The van der Waals surface area contributed by atoms with Crippen molar-refractivity contribution in [2.45, 2.75) is 32.4 Å². The highest BCUT2D eigenvalue weighted by molar-refractivity contribution is 6.01. The van der Waals surface area contributed by atoms with Crippen molar-refractivity contribution in [2.75, 3.05) is 20.8 Å². The highest BCUT2D eigenvalue weighted by Crippen LogP contribution is 2.29. The van der Waals surface area contributed by atoms with Crippen molar-refractivity contribution in [3.63, 3.8) is 0 Å². The highest BCUT2D eigenvalue weighted by atomic mass is 19.4. The van der Waals surface area contributed by atoms with E-state index in [2.05, 4.69) is 10.6 Å². The Kier molecular flexibility index (Phi) is 9.32. The molecule has 0 atom stereocenters. The van der Waals surface area contributed by atoms with Crippen molar-refractivity contribution in [1.29, 1.82) is 0 Å². The number of carbonyl (C=O) groups is 2. The number of carbonyl (C=O) groups excluding carboxylic acids is 2. The van der Waals surface area contributed by atoms with E-state index in [9.17, 15) is 22.8 Å². The van der Waals surface area contributed by atoms with E-state index in [0.29, 0.717) is 29.2 Å². The summed E-state index contributed by atoms with van der Waals surface area (Å²) in [7, 11) is 2.98. The largest absolute Gasteiger partial charge is 0.493 e. The van der Waals surface area contributed by atoms with Crippen LogP contribution in [-0.2, 0) is 22.2 Å². The second-order valence-corrected chi connectivity index (χ2v) is 7.20. The predicted molar refractivity (Wildman–Crippen MR) is 119 cm³/mol. The molecule has 0 aliphatic heterocycles. The van der Waals surface area contributed by atoms with Crippen molar-refractivity contribution in [1.82, 2.24) is 10.6 Å². The number of nitrogens with one attached hydrogen (secondary N) is 2. The molecule has 2 rings (SSSR count). The van der Waals surface area contributed by atoms with E-state index in [1.54, 1.807) is 18.2 Å². The fraction of sp³-hybridized carbons (Fsp3) is 0.333. The van der Waals surface area contributed by atoms with Gasteiger partial charge in [0.15, 0.2) is 11.5 Å². The molecule has 6 nitrogen and oxygen atoms in total. The van der Waals surface area contributed by atoms with Gasteiger partial charge >= 0.3 is 6.18 Å². The van der Waals surface area contributed by atoms with Crippen LogP contribution in [0.5, 0.6) is 11.5 Å². The van der Waals surface area contributed by atoms with Crippen molar-refractivity contribution < 1.29 is 32.2 Å². The van der Waals surface area contributed by atoms with Gasteiger partial charge in [0.1, 0.15) is 5.70 Å². The van der Waals surface area contributed by atoms with Gasteiger partial charge in [-0.1, -0.05) is 31.5 Å². The van der Waals surface area contributed by atoms with E-state index in [4.69, 9.17) is 9.47 Å². The van der Waals surface area contributed by atoms with Crippen LogP contribution >= 0.6 is 0 Å². The second kappa shape index (κ2) is 11.9. The highest BCUT2D eigenvalue weighted by Gasteiger charge is 2.30. The quantitative estimate of drug-likeness (QED) is 0.405. The van der Waals surface area contributed by atoms with Crippen LogP contribution < -0.4 is 20.1 Å². The number of halogens is 3. The molecular formula is C24H27F3N2O4. The average molecular weight is 464 g/mol. The van der Waals surface area contributed by atoms with Gasteiger partial charge in [0.25, 0.3) is 5.91 Å². The Morgan fingerprint density at radius 1 is 1.00 bits per heavy atom. The van der Waals surface area contributed by atoms with Crippen LogP contribution in [0.4, 0.5) is 13.2 Å². The summed E-state index contributed by atoms with van der Waals surface area (Å²) in [6.07, 6.45) is -1.49. The monoisotopic (exact) mass is 464 g/mol. The minimum Gasteiger partial charge on any atom is -0.493 e. The minimum absolute atomic E-state index is 0.00948. The number of unbranched alkanes of at least 4 members (excludes halogenated alkanes) is 1. The summed E-state index contributed by atoms with van der Waals surface area (Å²) in [6, 6.07) is 9.33. The molecule has 0 radical (unpaired) electrons. The Morgan fingerprint density at radius 2 is 1.67 bits per heavy atom. The van der Waals surface area contributed by atoms with Gasteiger partial charge in [-0.2, -0.15) is 13.2 Å². The average Bonchev–Trinajstić information content (AvgIpc) is 2.78. The molecule has 33 heavy (non-hydrogen) atoms. The molecule has 2 aromatic rings.